The number of H-pyrrole nitrogens is 1. The molecule has 136 valence electrons. The fourth-order valence-electron chi connectivity index (χ4n) is 2.23. The van der Waals surface area contributed by atoms with E-state index in [2.05, 4.69) is 4.98 Å². The van der Waals surface area contributed by atoms with Gasteiger partial charge >= 0.3 is 11.7 Å². The van der Waals surface area contributed by atoms with E-state index >= 15 is 0 Å². The van der Waals surface area contributed by atoms with E-state index in [1.54, 1.807) is 19.1 Å². The van der Waals surface area contributed by atoms with Crippen molar-refractivity contribution in [2.75, 3.05) is 12.4 Å². The Labute approximate surface area is 148 Å². The molecule has 0 unspecified atom stereocenters. The number of aromatic nitrogens is 1. The molecule has 0 aliphatic heterocycles. The minimum Gasteiger partial charge on any atom is -0.462 e. The number of carbonyl (C=O) groups is 1. The standard InChI is InChI=1S/C17H15NO7S/c1-11-2-3-12(24-11)4-7-16(19)23-8-9-26(21,22)13-5-6-14-15(10-13)25-17(20)18-14/h2-7,10H,8-9H2,1H3,(H,18,20)/b7-4+. The number of hydrogen-bond acceptors (Lipinski definition) is 7. The molecule has 26 heavy (non-hydrogen) atoms. The van der Waals surface area contributed by atoms with Crippen LogP contribution in [0.2, 0.25) is 0 Å². The summed E-state index contributed by atoms with van der Waals surface area (Å²) in [5, 5.41) is 0. The third-order valence-corrected chi connectivity index (χ3v) is 5.17. The average molecular weight is 377 g/mol. The maximum absolute atomic E-state index is 12.3. The van der Waals surface area contributed by atoms with Crippen LogP contribution < -0.4 is 5.76 Å². The van der Waals surface area contributed by atoms with Crippen molar-refractivity contribution in [3.05, 3.63) is 58.5 Å². The first kappa shape index (κ1) is 17.7. The molecular formula is C17H15NO7S. The van der Waals surface area contributed by atoms with E-state index in [4.69, 9.17) is 13.6 Å². The Morgan fingerprint density at radius 3 is 2.77 bits per heavy atom. The van der Waals surface area contributed by atoms with E-state index in [-0.39, 0.29) is 17.1 Å². The first-order valence-corrected chi connectivity index (χ1v) is 9.26. The Balaban J connectivity index is 1.59. The summed E-state index contributed by atoms with van der Waals surface area (Å²) < 4.78 is 39.6. The normalized spacial score (nSPS) is 12.0. The number of hydrogen-bond donors (Lipinski definition) is 1. The van der Waals surface area contributed by atoms with Gasteiger partial charge in [-0.3, -0.25) is 4.98 Å². The minimum absolute atomic E-state index is 0.0228. The first-order valence-electron chi connectivity index (χ1n) is 7.60. The molecule has 2 aromatic heterocycles. The summed E-state index contributed by atoms with van der Waals surface area (Å²) in [5.41, 5.74) is 0.545. The van der Waals surface area contributed by atoms with Crippen LogP contribution in [0.5, 0.6) is 0 Å². The largest absolute Gasteiger partial charge is 0.462 e. The van der Waals surface area contributed by atoms with E-state index in [0.717, 1.165) is 6.08 Å². The lowest BCUT2D eigenvalue weighted by Gasteiger charge is -2.04. The van der Waals surface area contributed by atoms with Gasteiger partial charge in [-0.2, -0.15) is 0 Å². The van der Waals surface area contributed by atoms with Gasteiger partial charge in [-0.1, -0.05) is 0 Å². The molecule has 0 bridgehead atoms. The number of rotatable bonds is 6. The molecule has 8 nitrogen and oxygen atoms in total. The van der Waals surface area contributed by atoms with Crippen molar-refractivity contribution in [1.29, 1.82) is 0 Å². The van der Waals surface area contributed by atoms with Gasteiger partial charge in [-0.25, -0.2) is 18.0 Å². The van der Waals surface area contributed by atoms with Crippen LogP contribution in [0.25, 0.3) is 17.2 Å². The third kappa shape index (κ3) is 4.12. The smallest absolute Gasteiger partial charge is 0.417 e. The molecule has 1 N–H and O–H groups in total. The Morgan fingerprint density at radius 1 is 1.23 bits per heavy atom. The zero-order chi connectivity index (χ0) is 18.7. The lowest BCUT2D eigenvalue weighted by atomic mass is 10.3. The van der Waals surface area contributed by atoms with Crippen molar-refractivity contribution >= 4 is 33.0 Å². The molecule has 0 spiro atoms. The van der Waals surface area contributed by atoms with Crippen LogP contribution >= 0.6 is 0 Å². The maximum atomic E-state index is 12.3. The second-order valence-electron chi connectivity index (χ2n) is 5.44. The molecule has 2 heterocycles. The number of aromatic amines is 1. The van der Waals surface area contributed by atoms with Crippen molar-refractivity contribution < 1.29 is 26.8 Å². The van der Waals surface area contributed by atoms with Crippen molar-refractivity contribution in [2.45, 2.75) is 11.8 Å². The highest BCUT2D eigenvalue weighted by Gasteiger charge is 2.17. The zero-order valence-corrected chi connectivity index (χ0v) is 14.5. The lowest BCUT2D eigenvalue weighted by Crippen LogP contribution is -2.14. The molecule has 0 saturated carbocycles. The fourth-order valence-corrected chi connectivity index (χ4v) is 3.33. The van der Waals surface area contributed by atoms with E-state index in [0.29, 0.717) is 17.0 Å². The highest BCUT2D eigenvalue weighted by molar-refractivity contribution is 7.91. The SMILES string of the molecule is Cc1ccc(/C=C/C(=O)OCCS(=O)(=O)c2ccc3[nH]c(=O)oc3c2)o1. The van der Waals surface area contributed by atoms with Gasteiger partial charge in [0.25, 0.3) is 0 Å². The van der Waals surface area contributed by atoms with Crippen molar-refractivity contribution in [3.8, 4) is 0 Å². The van der Waals surface area contributed by atoms with Gasteiger partial charge in [0, 0.05) is 12.1 Å². The van der Waals surface area contributed by atoms with E-state index in [1.165, 1.54) is 24.3 Å². The molecule has 0 aliphatic carbocycles. The minimum atomic E-state index is -3.70. The number of furan rings is 1. The molecule has 3 aromatic rings. The monoisotopic (exact) mass is 377 g/mol. The highest BCUT2D eigenvalue weighted by Crippen LogP contribution is 2.17. The number of aryl methyl sites for hydroxylation is 1. The molecular weight excluding hydrogens is 362 g/mol. The number of oxazole rings is 1. The molecule has 0 aliphatic rings. The van der Waals surface area contributed by atoms with Crippen LogP contribution in [-0.2, 0) is 19.4 Å². The van der Waals surface area contributed by atoms with Gasteiger partial charge in [0.15, 0.2) is 15.4 Å². The van der Waals surface area contributed by atoms with Crippen molar-refractivity contribution in [2.24, 2.45) is 0 Å². The fraction of sp³-hybridized carbons (Fsp3) is 0.176. The maximum Gasteiger partial charge on any atom is 0.417 e. The summed E-state index contributed by atoms with van der Waals surface area (Å²) in [7, 11) is -3.70. The lowest BCUT2D eigenvalue weighted by molar-refractivity contribution is -0.137. The number of nitrogens with one attached hydrogen (secondary N) is 1. The summed E-state index contributed by atoms with van der Waals surface area (Å²) in [5.74, 6) is -0.539. The predicted octanol–water partition coefficient (Wildman–Crippen LogP) is 2.05. The van der Waals surface area contributed by atoms with Crippen LogP contribution in [0, 0.1) is 6.92 Å². The second kappa shape index (κ2) is 7.04. The van der Waals surface area contributed by atoms with Gasteiger partial charge in [0.05, 0.1) is 16.2 Å². The topological polar surface area (TPSA) is 120 Å². The number of fused-ring (bicyclic) bond motifs is 1. The van der Waals surface area contributed by atoms with Crippen molar-refractivity contribution in [3.63, 3.8) is 0 Å². The summed E-state index contributed by atoms with van der Waals surface area (Å²) in [6.07, 6.45) is 2.59. The van der Waals surface area contributed by atoms with Crippen LogP contribution in [0.4, 0.5) is 0 Å². The van der Waals surface area contributed by atoms with Gasteiger partial charge in [0.2, 0.25) is 0 Å². The average Bonchev–Trinajstić information content (AvgIpc) is 3.16. The number of benzene rings is 1. The second-order valence-corrected chi connectivity index (χ2v) is 7.55. The molecule has 3 rings (SSSR count). The van der Waals surface area contributed by atoms with Crippen LogP contribution in [0.15, 0.2) is 54.9 Å². The van der Waals surface area contributed by atoms with Gasteiger partial charge in [-0.15, -0.1) is 0 Å². The summed E-state index contributed by atoms with van der Waals surface area (Å²) >= 11 is 0. The number of carbonyl (C=O) groups excluding carboxylic acids is 1. The highest BCUT2D eigenvalue weighted by atomic mass is 32.2. The number of ether oxygens (including phenoxy) is 1. The molecule has 1 aromatic carbocycles. The predicted molar refractivity (Wildman–Crippen MR) is 92.3 cm³/mol. The van der Waals surface area contributed by atoms with E-state index in [1.807, 2.05) is 0 Å². The van der Waals surface area contributed by atoms with Crippen LogP contribution in [-0.4, -0.2) is 31.7 Å². The number of esters is 1. The molecule has 0 radical (unpaired) electrons. The molecule has 0 atom stereocenters. The Morgan fingerprint density at radius 2 is 2.04 bits per heavy atom. The summed E-state index contributed by atoms with van der Waals surface area (Å²) in [6, 6.07) is 7.49. The Bertz CT molecular complexity index is 1130. The molecule has 9 heteroatoms. The molecule has 0 fully saturated rings. The third-order valence-electron chi connectivity index (χ3n) is 3.49. The Hall–Kier alpha value is -3.07. The van der Waals surface area contributed by atoms with Gasteiger partial charge in [0.1, 0.15) is 18.1 Å². The molecule has 0 saturated heterocycles. The van der Waals surface area contributed by atoms with Gasteiger partial charge in [-0.05, 0) is 37.3 Å². The van der Waals surface area contributed by atoms with E-state index in [9.17, 15) is 18.0 Å². The summed E-state index contributed by atoms with van der Waals surface area (Å²) in [6.45, 7) is 1.47. The zero-order valence-electron chi connectivity index (χ0n) is 13.7. The molecule has 0 amide bonds. The number of sulfone groups is 1. The quantitative estimate of drug-likeness (QED) is 0.516. The summed E-state index contributed by atoms with van der Waals surface area (Å²) in [4.78, 5) is 25.1. The van der Waals surface area contributed by atoms with Crippen LogP contribution in [0.1, 0.15) is 11.5 Å². The first-order chi connectivity index (χ1) is 12.3. The Kier molecular flexibility index (Phi) is 4.81. The van der Waals surface area contributed by atoms with E-state index < -0.39 is 27.3 Å². The van der Waals surface area contributed by atoms with Crippen molar-refractivity contribution in [1.82, 2.24) is 4.98 Å². The van der Waals surface area contributed by atoms with Crippen LogP contribution in [0.3, 0.4) is 0 Å². The van der Waals surface area contributed by atoms with Gasteiger partial charge < -0.3 is 13.6 Å².